The summed E-state index contributed by atoms with van der Waals surface area (Å²) in [5.41, 5.74) is 10.6. The molecule has 3 aliphatic rings. The largest absolute Gasteiger partial charge is 0.480 e. The maximum absolute atomic E-state index is 6.82. The van der Waals surface area contributed by atoms with E-state index >= 15 is 0 Å². The van der Waals surface area contributed by atoms with E-state index in [0.29, 0.717) is 12.0 Å². The van der Waals surface area contributed by atoms with Gasteiger partial charge in [0.2, 0.25) is 0 Å². The van der Waals surface area contributed by atoms with Crippen LogP contribution in [-0.2, 0) is 0 Å². The van der Waals surface area contributed by atoms with Crippen molar-refractivity contribution >= 4 is 49.2 Å². The zero-order valence-electron chi connectivity index (χ0n) is 26.5. The van der Waals surface area contributed by atoms with Gasteiger partial charge in [0.15, 0.2) is 5.75 Å². The number of fused-ring (bicyclic) bond motifs is 9. The van der Waals surface area contributed by atoms with Crippen molar-refractivity contribution in [1.82, 2.24) is 9.13 Å². The van der Waals surface area contributed by atoms with Crippen LogP contribution < -0.4 is 4.74 Å². The van der Waals surface area contributed by atoms with E-state index in [-0.39, 0.29) is 5.60 Å². The average molecular weight is 607 g/mol. The van der Waals surface area contributed by atoms with Gasteiger partial charge >= 0.3 is 0 Å². The first kappa shape index (κ1) is 26.7. The Morgan fingerprint density at radius 2 is 1.32 bits per heavy atom. The molecule has 0 N–H and O–H groups in total. The minimum Gasteiger partial charge on any atom is -0.480 e. The Balaban J connectivity index is 1.15. The van der Waals surface area contributed by atoms with Gasteiger partial charge < -0.3 is 13.9 Å². The lowest BCUT2D eigenvalue weighted by molar-refractivity contribution is 0.170. The third-order valence-corrected chi connectivity index (χ3v) is 10.7. The lowest BCUT2D eigenvalue weighted by atomic mass is 9.86. The van der Waals surface area contributed by atoms with Gasteiger partial charge in [-0.2, -0.15) is 0 Å². The van der Waals surface area contributed by atoms with E-state index in [4.69, 9.17) is 4.74 Å². The van der Waals surface area contributed by atoms with Crippen molar-refractivity contribution in [2.75, 3.05) is 0 Å². The number of aromatic nitrogens is 2. The second-order valence-corrected chi connectivity index (χ2v) is 13.5. The molecule has 7 aromatic rings. The number of hydrogen-bond acceptors (Lipinski definition) is 1. The predicted molar refractivity (Wildman–Crippen MR) is 196 cm³/mol. The van der Waals surface area contributed by atoms with Crippen LogP contribution in [0.15, 0.2) is 146 Å². The van der Waals surface area contributed by atoms with Gasteiger partial charge in [0.1, 0.15) is 5.60 Å². The number of para-hydroxylation sites is 3. The summed E-state index contributed by atoms with van der Waals surface area (Å²) in [5, 5.41) is 5.09. The molecule has 0 spiro atoms. The first-order valence-electron chi connectivity index (χ1n) is 16.7. The number of ether oxygens (including phenoxy) is 1. The highest BCUT2D eigenvalue weighted by atomic mass is 16.5. The van der Waals surface area contributed by atoms with Crippen molar-refractivity contribution in [3.8, 4) is 22.6 Å². The molecule has 3 unspecified atom stereocenters. The van der Waals surface area contributed by atoms with E-state index in [1.807, 2.05) is 0 Å². The van der Waals surface area contributed by atoms with Gasteiger partial charge in [-0.05, 0) is 66.4 Å². The van der Waals surface area contributed by atoms with Crippen molar-refractivity contribution in [1.29, 1.82) is 0 Å². The van der Waals surface area contributed by atoms with Crippen molar-refractivity contribution in [3.05, 3.63) is 151 Å². The van der Waals surface area contributed by atoms with E-state index in [2.05, 4.69) is 169 Å². The van der Waals surface area contributed by atoms with Crippen LogP contribution in [0.5, 0.6) is 5.75 Å². The summed E-state index contributed by atoms with van der Waals surface area (Å²) in [6.45, 7) is 4.52. The molecule has 0 saturated carbocycles. The number of allylic oxidation sites excluding steroid dienone is 6. The molecule has 0 fully saturated rings. The number of nitrogens with zero attached hydrogens (tertiary/aromatic N) is 2. The highest BCUT2D eigenvalue weighted by molar-refractivity contribution is 6.12. The molecule has 10 rings (SSSR count). The van der Waals surface area contributed by atoms with E-state index in [0.717, 1.165) is 17.9 Å². The summed E-state index contributed by atoms with van der Waals surface area (Å²) in [6.07, 6.45) is 16.4. The minimum absolute atomic E-state index is 0.290. The number of hydrogen-bond donors (Lipinski definition) is 0. The predicted octanol–water partition coefficient (Wildman–Crippen LogP) is 11.4. The molecule has 0 amide bonds. The molecule has 3 heterocycles. The van der Waals surface area contributed by atoms with Crippen molar-refractivity contribution < 1.29 is 4.74 Å². The van der Waals surface area contributed by atoms with Gasteiger partial charge in [-0.3, -0.25) is 0 Å². The van der Waals surface area contributed by atoms with Gasteiger partial charge in [-0.25, -0.2) is 0 Å². The lowest BCUT2D eigenvalue weighted by Gasteiger charge is -2.26. The van der Waals surface area contributed by atoms with Gasteiger partial charge in [0.05, 0.1) is 22.8 Å². The summed E-state index contributed by atoms with van der Waals surface area (Å²) >= 11 is 0. The second kappa shape index (κ2) is 9.73. The quantitative estimate of drug-likeness (QED) is 0.196. The molecular formula is C44H34N2O. The van der Waals surface area contributed by atoms with E-state index in [9.17, 15) is 0 Å². The smallest absolute Gasteiger partial charge is 0.152 e. The summed E-state index contributed by atoms with van der Waals surface area (Å²) in [7, 11) is 0. The van der Waals surface area contributed by atoms with Crippen molar-refractivity contribution in [3.63, 3.8) is 0 Å². The van der Waals surface area contributed by atoms with Crippen LogP contribution in [0, 0.1) is 5.92 Å². The fourth-order valence-electron chi connectivity index (χ4n) is 8.40. The second-order valence-electron chi connectivity index (χ2n) is 13.5. The molecule has 2 aliphatic carbocycles. The molecule has 226 valence electrons. The maximum Gasteiger partial charge on any atom is 0.152 e. The van der Waals surface area contributed by atoms with Crippen LogP contribution >= 0.6 is 0 Å². The average Bonchev–Trinajstić information content (AvgIpc) is 3.73. The summed E-state index contributed by atoms with van der Waals surface area (Å²) in [6, 6.07) is 38.5. The molecule has 3 heteroatoms. The zero-order chi connectivity index (χ0) is 31.3. The van der Waals surface area contributed by atoms with Crippen LogP contribution in [0.25, 0.3) is 66.0 Å². The third kappa shape index (κ3) is 3.74. The minimum atomic E-state index is -0.330. The maximum atomic E-state index is 6.82. The third-order valence-electron chi connectivity index (χ3n) is 10.7. The molecule has 0 saturated heterocycles. The standard InChI is InChI=1S/C44H34N2O/c1-28-12-3-6-17-37(28)45-38-18-7-4-13-31(38)34-26-29(21-23-40(34)45)30-22-24-41-35(27-30)32-14-5-8-19-39(32)46(41)42-20-11-15-33-36-16-9-10-25-44(36,2)47-43(33)42/h3-24,26-28,37H,25H2,1-2H3. The molecule has 2 aromatic heterocycles. The topological polar surface area (TPSA) is 19.1 Å². The molecule has 0 bridgehead atoms. The van der Waals surface area contributed by atoms with Crippen LogP contribution in [0.1, 0.15) is 31.9 Å². The fraction of sp³-hybridized carbons (Fsp3) is 0.136. The highest BCUT2D eigenvalue weighted by Crippen LogP contribution is 2.51. The summed E-state index contributed by atoms with van der Waals surface area (Å²) in [5.74, 6) is 1.39. The molecule has 1 aliphatic heterocycles. The van der Waals surface area contributed by atoms with Gasteiger partial charge in [0.25, 0.3) is 0 Å². The van der Waals surface area contributed by atoms with Gasteiger partial charge in [-0.15, -0.1) is 0 Å². The number of benzene rings is 5. The Morgan fingerprint density at radius 3 is 2.13 bits per heavy atom. The molecule has 47 heavy (non-hydrogen) atoms. The SMILES string of the molecule is CC1C=CC=CC1n1c2ccccc2c2cc(-c3ccc4c(c3)c3ccccc3n4-c3cccc4c3OC3(C)CC=CC=C43)ccc21. The van der Waals surface area contributed by atoms with Crippen LogP contribution in [0.3, 0.4) is 0 Å². The van der Waals surface area contributed by atoms with Gasteiger partial charge in [0, 0.05) is 50.1 Å². The molecular weight excluding hydrogens is 572 g/mol. The van der Waals surface area contributed by atoms with E-state index in [1.165, 1.54) is 65.9 Å². The van der Waals surface area contributed by atoms with Crippen LogP contribution in [-0.4, -0.2) is 14.7 Å². The molecule has 3 atom stereocenters. The molecule has 5 aromatic carbocycles. The van der Waals surface area contributed by atoms with Gasteiger partial charge in [-0.1, -0.05) is 110 Å². The van der Waals surface area contributed by atoms with E-state index < -0.39 is 0 Å². The molecule has 3 nitrogen and oxygen atoms in total. The monoisotopic (exact) mass is 606 g/mol. The normalized spacial score (nSPS) is 21.4. The highest BCUT2D eigenvalue weighted by Gasteiger charge is 2.41. The Hall–Kier alpha value is -5.54. The molecule has 0 radical (unpaired) electrons. The summed E-state index contributed by atoms with van der Waals surface area (Å²) in [4.78, 5) is 0. The Morgan fingerprint density at radius 1 is 0.660 bits per heavy atom. The van der Waals surface area contributed by atoms with E-state index in [1.54, 1.807) is 0 Å². The first-order valence-corrected chi connectivity index (χ1v) is 16.7. The Bertz CT molecular complexity index is 2570. The summed E-state index contributed by atoms with van der Waals surface area (Å²) < 4.78 is 11.7. The Kier molecular flexibility index (Phi) is 5.52. The zero-order valence-corrected chi connectivity index (χ0v) is 26.5. The van der Waals surface area contributed by atoms with Crippen molar-refractivity contribution in [2.24, 2.45) is 5.92 Å². The van der Waals surface area contributed by atoms with Crippen LogP contribution in [0.4, 0.5) is 0 Å². The van der Waals surface area contributed by atoms with Crippen LogP contribution in [0.2, 0.25) is 0 Å². The van der Waals surface area contributed by atoms with Crippen molar-refractivity contribution in [2.45, 2.75) is 31.9 Å². The lowest BCUT2D eigenvalue weighted by Crippen LogP contribution is -2.29. The first-order chi connectivity index (χ1) is 23.1. The Labute approximate surface area is 274 Å². The number of rotatable bonds is 3. The fourth-order valence-corrected chi connectivity index (χ4v) is 8.40.